The average molecular weight is 571 g/mol. The minimum absolute atomic E-state index is 0.0234. The molecule has 7 nitrogen and oxygen atoms in total. The van der Waals surface area contributed by atoms with E-state index in [1.54, 1.807) is 6.08 Å². The Bertz CT molecular complexity index is 1300. The minimum Gasteiger partial charge on any atom is -0.445 e. The summed E-state index contributed by atoms with van der Waals surface area (Å²) in [7, 11) is 0. The number of rotatable bonds is 10. The molecule has 2 fully saturated rings. The molecule has 3 aromatic rings. The van der Waals surface area contributed by atoms with E-state index in [-0.39, 0.29) is 31.3 Å². The van der Waals surface area contributed by atoms with Gasteiger partial charge in [0.15, 0.2) is 6.29 Å². The highest BCUT2D eigenvalue weighted by Crippen LogP contribution is 2.42. The molecule has 2 saturated heterocycles. The van der Waals surface area contributed by atoms with Crippen LogP contribution < -0.4 is 5.32 Å². The lowest BCUT2D eigenvalue weighted by molar-refractivity contribution is -0.276. The van der Waals surface area contributed by atoms with Crippen molar-refractivity contribution >= 4 is 6.09 Å². The normalized spacial score (nSPS) is 22.8. The van der Waals surface area contributed by atoms with Gasteiger partial charge in [0, 0.05) is 24.6 Å². The number of hydrogen-bond donors (Lipinski definition) is 2. The Hall–Kier alpha value is -3.49. The molecule has 0 spiro atoms. The zero-order chi connectivity index (χ0) is 29.3. The van der Waals surface area contributed by atoms with Gasteiger partial charge in [0.05, 0.1) is 18.8 Å². The lowest BCUT2D eigenvalue weighted by Crippen LogP contribution is -2.45. The quantitative estimate of drug-likeness (QED) is 0.270. The first kappa shape index (κ1) is 30.0. The van der Waals surface area contributed by atoms with Gasteiger partial charge in [-0.25, -0.2) is 4.79 Å². The van der Waals surface area contributed by atoms with Crippen LogP contribution in [0.15, 0.2) is 85.5 Å². The van der Waals surface area contributed by atoms with E-state index in [4.69, 9.17) is 14.2 Å². The number of amides is 1. The van der Waals surface area contributed by atoms with E-state index in [0.717, 1.165) is 53.0 Å². The number of aliphatic hydroxyl groups excluding tert-OH is 1. The molecule has 0 saturated carbocycles. The molecule has 3 aromatic carbocycles. The fourth-order valence-corrected chi connectivity index (χ4v) is 5.85. The summed E-state index contributed by atoms with van der Waals surface area (Å²) in [6.45, 7) is 9.46. The van der Waals surface area contributed by atoms with Crippen LogP contribution in [0.4, 0.5) is 4.79 Å². The summed E-state index contributed by atoms with van der Waals surface area (Å²) in [6.07, 6.45) is 4.25. The zero-order valence-corrected chi connectivity index (χ0v) is 24.4. The number of benzene rings is 3. The van der Waals surface area contributed by atoms with Crippen LogP contribution in [0.1, 0.15) is 60.8 Å². The number of carbonyl (C=O) groups is 1. The van der Waals surface area contributed by atoms with Gasteiger partial charge < -0.3 is 29.5 Å². The molecule has 5 rings (SSSR count). The van der Waals surface area contributed by atoms with Gasteiger partial charge in [-0.3, -0.25) is 0 Å². The Morgan fingerprint density at radius 2 is 1.71 bits per heavy atom. The fraction of sp³-hybridized carbons (Fsp3) is 0.400. The number of alkyl carbamates (subject to hydrolysis) is 1. The van der Waals surface area contributed by atoms with E-state index < -0.39 is 12.4 Å². The third kappa shape index (κ3) is 7.47. The van der Waals surface area contributed by atoms with Crippen molar-refractivity contribution < 1.29 is 24.1 Å². The van der Waals surface area contributed by atoms with Crippen LogP contribution in [-0.4, -0.2) is 48.4 Å². The van der Waals surface area contributed by atoms with Crippen LogP contribution in [0.5, 0.6) is 0 Å². The number of carbonyl (C=O) groups excluding carboxylic acids is 1. The van der Waals surface area contributed by atoms with E-state index in [0.29, 0.717) is 6.54 Å². The molecule has 42 heavy (non-hydrogen) atoms. The van der Waals surface area contributed by atoms with E-state index in [9.17, 15) is 9.90 Å². The highest BCUT2D eigenvalue weighted by molar-refractivity contribution is 5.70. The Labute approximate surface area is 249 Å². The Morgan fingerprint density at radius 1 is 1.00 bits per heavy atom. The number of likely N-dealkylation sites (tertiary alicyclic amines) is 1. The smallest absolute Gasteiger partial charge is 0.407 e. The molecule has 2 aliphatic heterocycles. The van der Waals surface area contributed by atoms with Crippen molar-refractivity contribution in [3.05, 3.63) is 108 Å². The van der Waals surface area contributed by atoms with Crippen LogP contribution in [0.3, 0.4) is 0 Å². The van der Waals surface area contributed by atoms with Gasteiger partial charge in [-0.15, -0.1) is 0 Å². The molecular formula is C35H42N2O5. The van der Waals surface area contributed by atoms with E-state index in [1.807, 2.05) is 30.3 Å². The van der Waals surface area contributed by atoms with Gasteiger partial charge in [-0.2, -0.15) is 0 Å². The number of hydrogen-bond acceptors (Lipinski definition) is 6. The summed E-state index contributed by atoms with van der Waals surface area (Å²) in [6, 6.07) is 24.4. The highest BCUT2D eigenvalue weighted by atomic mass is 16.7. The van der Waals surface area contributed by atoms with Crippen LogP contribution in [-0.2, 0) is 27.4 Å². The van der Waals surface area contributed by atoms with Crippen molar-refractivity contribution in [1.29, 1.82) is 0 Å². The molecule has 2 heterocycles. The van der Waals surface area contributed by atoms with Crippen LogP contribution >= 0.6 is 0 Å². The molecule has 2 N–H and O–H groups in total. The van der Waals surface area contributed by atoms with Gasteiger partial charge in [0.1, 0.15) is 6.61 Å². The molecule has 4 atom stereocenters. The van der Waals surface area contributed by atoms with Gasteiger partial charge in [-0.05, 0) is 53.7 Å². The maximum absolute atomic E-state index is 12.0. The third-order valence-corrected chi connectivity index (χ3v) is 8.28. The highest BCUT2D eigenvalue weighted by Gasteiger charge is 2.39. The summed E-state index contributed by atoms with van der Waals surface area (Å²) in [5, 5.41) is 12.3. The topological polar surface area (TPSA) is 80.3 Å². The van der Waals surface area contributed by atoms with Crippen molar-refractivity contribution in [1.82, 2.24) is 10.2 Å². The lowest BCUT2D eigenvalue weighted by atomic mass is 9.89. The number of nitrogens with zero attached hydrogens (tertiary/aromatic N) is 1. The Morgan fingerprint density at radius 3 is 2.43 bits per heavy atom. The van der Waals surface area contributed by atoms with Crippen molar-refractivity contribution in [2.75, 3.05) is 26.2 Å². The summed E-state index contributed by atoms with van der Waals surface area (Å²) in [5.41, 5.74) is 6.03. The molecule has 0 aliphatic carbocycles. The van der Waals surface area contributed by atoms with Gasteiger partial charge in [0.2, 0.25) is 0 Å². The first-order chi connectivity index (χ1) is 20.6. The van der Waals surface area contributed by atoms with Crippen molar-refractivity contribution in [3.63, 3.8) is 0 Å². The monoisotopic (exact) mass is 570 g/mol. The molecule has 0 radical (unpaired) electrons. The van der Waals surface area contributed by atoms with Crippen LogP contribution in [0.2, 0.25) is 0 Å². The Kier molecular flexibility index (Phi) is 10.4. The second-order valence-corrected chi connectivity index (χ2v) is 11.2. The maximum Gasteiger partial charge on any atom is 0.407 e. The van der Waals surface area contributed by atoms with Gasteiger partial charge >= 0.3 is 6.09 Å². The van der Waals surface area contributed by atoms with E-state index >= 15 is 0 Å². The summed E-state index contributed by atoms with van der Waals surface area (Å²) < 4.78 is 18.4. The molecule has 4 unspecified atom stereocenters. The minimum atomic E-state index is -0.496. The maximum atomic E-state index is 12.0. The van der Waals surface area contributed by atoms with E-state index in [2.05, 4.69) is 66.2 Å². The molecule has 1 amide bonds. The average Bonchev–Trinajstić information content (AvgIpc) is 3.04. The largest absolute Gasteiger partial charge is 0.445 e. The molecular weight excluding hydrogens is 528 g/mol. The van der Waals surface area contributed by atoms with Crippen LogP contribution in [0.25, 0.3) is 11.1 Å². The number of ether oxygens (including phenoxy) is 3. The van der Waals surface area contributed by atoms with Gasteiger partial charge in [-0.1, -0.05) is 98.8 Å². The first-order valence-electron chi connectivity index (χ1n) is 15.0. The van der Waals surface area contributed by atoms with Crippen molar-refractivity contribution in [3.8, 4) is 11.1 Å². The second-order valence-electron chi connectivity index (χ2n) is 11.2. The van der Waals surface area contributed by atoms with Crippen molar-refractivity contribution in [2.45, 2.75) is 57.8 Å². The summed E-state index contributed by atoms with van der Waals surface area (Å²) in [4.78, 5) is 14.5. The SMILES string of the molecule is C=CCOC(=O)NCc1ccccc1-c1ccc(C2OC(CN3CCCCC3)C(C)C(c3ccc(CO)cc3)O2)cc1. The molecule has 0 aromatic heterocycles. The van der Waals surface area contributed by atoms with Crippen molar-refractivity contribution in [2.24, 2.45) is 5.92 Å². The fourth-order valence-electron chi connectivity index (χ4n) is 5.85. The summed E-state index contributed by atoms with van der Waals surface area (Å²) >= 11 is 0. The second kappa shape index (κ2) is 14.6. The predicted octanol–water partition coefficient (Wildman–Crippen LogP) is 6.54. The van der Waals surface area contributed by atoms with Gasteiger partial charge in [0.25, 0.3) is 0 Å². The predicted molar refractivity (Wildman–Crippen MR) is 164 cm³/mol. The molecule has 2 aliphatic rings. The standard InChI is InChI=1S/C35H42N2O5/c1-3-21-40-35(39)36-22-30-9-5-6-10-31(30)27-15-17-29(18-16-27)34-41-32(23-37-19-7-4-8-20-37)25(2)33(42-34)28-13-11-26(24-38)12-14-28/h3,5-6,9-18,25,32-34,38H,1,4,7-8,19-24H2,2H3,(H,36,39). The molecule has 0 bridgehead atoms. The zero-order valence-electron chi connectivity index (χ0n) is 24.4. The number of piperidine rings is 1. The summed E-state index contributed by atoms with van der Waals surface area (Å²) in [5.74, 6) is 0.167. The molecule has 7 heteroatoms. The lowest BCUT2D eigenvalue weighted by Gasteiger charge is -2.43. The third-order valence-electron chi connectivity index (χ3n) is 8.28. The number of nitrogens with one attached hydrogen (secondary N) is 1. The van der Waals surface area contributed by atoms with Crippen LogP contribution in [0, 0.1) is 5.92 Å². The van der Waals surface area contributed by atoms with E-state index in [1.165, 1.54) is 19.3 Å². The first-order valence-corrected chi connectivity index (χ1v) is 15.0. The molecule has 222 valence electrons. The Balaban J connectivity index is 1.35. The number of aliphatic hydroxyl groups is 1.